The van der Waals surface area contributed by atoms with Crippen LogP contribution in [-0.4, -0.2) is 60.9 Å². The molecule has 0 radical (unpaired) electrons. The van der Waals surface area contributed by atoms with E-state index in [1.807, 2.05) is 55.5 Å². The van der Waals surface area contributed by atoms with Gasteiger partial charge in [-0.25, -0.2) is 9.94 Å². The number of aromatic nitrogens is 4. The number of hydrogen-bond donors (Lipinski definition) is 2. The van der Waals surface area contributed by atoms with E-state index >= 15 is 0 Å². The lowest BCUT2D eigenvalue weighted by Gasteiger charge is -2.31. The first-order chi connectivity index (χ1) is 22.1. The summed E-state index contributed by atoms with van der Waals surface area (Å²) < 4.78 is 47.0. The smallest absolute Gasteiger partial charge is 0.382 e. The van der Waals surface area contributed by atoms with Crippen molar-refractivity contribution < 1.29 is 27.8 Å². The van der Waals surface area contributed by atoms with Crippen molar-refractivity contribution >= 4 is 17.4 Å². The molecule has 4 aromatic rings. The lowest BCUT2D eigenvalue weighted by Crippen LogP contribution is -2.37. The van der Waals surface area contributed by atoms with Crippen LogP contribution in [0.5, 0.6) is 0 Å². The van der Waals surface area contributed by atoms with Crippen molar-refractivity contribution in [1.29, 1.82) is 0 Å². The molecule has 10 nitrogen and oxygen atoms in total. The summed E-state index contributed by atoms with van der Waals surface area (Å²) in [5.41, 5.74) is 7.96. The molecule has 0 spiro atoms. The largest absolute Gasteiger partial charge is 0.416 e. The Morgan fingerprint density at radius 1 is 1.07 bits per heavy atom. The summed E-state index contributed by atoms with van der Waals surface area (Å²) in [6.07, 6.45) is -2.56. The topological polar surface area (TPSA) is 123 Å². The standard InChI is InChI=1S/C33H35F3N6O4/c1-2-6-28-26(16-20-9-14-24(21-7-4-3-5-8-21)25(15-20)27-17-30(44)40-39-27)31(45)41(32-37-19-38-42(28)32)22-10-12-23(13-11-22)46-18-29(43)33(34,35)36/h3-5,7-9,14-15,19,22-23,29,43H,2,6,10-13,16-18H2,1H3,(H,40,44). The number of hydrogen-bond acceptors (Lipinski definition) is 7. The third-order valence-electron chi connectivity index (χ3n) is 8.69. The Kier molecular flexibility index (Phi) is 9.05. The van der Waals surface area contributed by atoms with Crippen LogP contribution in [0.15, 0.2) is 64.8 Å². The minimum atomic E-state index is -4.73. The molecule has 1 aliphatic carbocycles. The number of carbonyl (C=O) groups is 1. The van der Waals surface area contributed by atoms with Crippen molar-refractivity contribution in [2.75, 3.05) is 6.61 Å². The summed E-state index contributed by atoms with van der Waals surface area (Å²) in [7, 11) is 0. The number of aryl methyl sites for hydroxylation is 1. The number of nitrogens with one attached hydrogen (secondary N) is 1. The van der Waals surface area contributed by atoms with Crippen LogP contribution in [0.3, 0.4) is 0 Å². The number of amides is 1. The highest BCUT2D eigenvalue weighted by Crippen LogP contribution is 2.32. The van der Waals surface area contributed by atoms with E-state index in [9.17, 15) is 27.9 Å². The number of aliphatic hydroxyl groups excluding tert-OH is 1. The van der Waals surface area contributed by atoms with Gasteiger partial charge in [-0.05, 0) is 54.9 Å². The highest BCUT2D eigenvalue weighted by molar-refractivity contribution is 6.16. The molecule has 1 amide bonds. The van der Waals surface area contributed by atoms with Gasteiger partial charge >= 0.3 is 6.18 Å². The average molecular weight is 637 g/mol. The number of alkyl halides is 3. The molecule has 46 heavy (non-hydrogen) atoms. The lowest BCUT2D eigenvalue weighted by molar-refractivity contribution is -0.222. The molecule has 1 aliphatic heterocycles. The molecule has 2 aliphatic rings. The molecular weight excluding hydrogens is 601 g/mol. The summed E-state index contributed by atoms with van der Waals surface area (Å²) in [4.78, 5) is 30.9. The number of halogens is 3. The van der Waals surface area contributed by atoms with Crippen molar-refractivity contribution in [1.82, 2.24) is 24.6 Å². The fraction of sp³-hybridized carbons (Fsp3) is 0.424. The predicted octanol–water partition coefficient (Wildman–Crippen LogP) is 4.75. The second-order valence-electron chi connectivity index (χ2n) is 11.8. The highest BCUT2D eigenvalue weighted by Gasteiger charge is 2.39. The van der Waals surface area contributed by atoms with Crippen molar-refractivity contribution in [3.05, 3.63) is 87.6 Å². The Hall–Kier alpha value is -4.36. The number of nitrogens with zero attached hydrogens (tertiary/aromatic N) is 5. The molecule has 13 heteroatoms. The third kappa shape index (κ3) is 6.47. The zero-order valence-corrected chi connectivity index (χ0v) is 25.3. The summed E-state index contributed by atoms with van der Waals surface area (Å²) in [6, 6.07) is 15.6. The SMILES string of the molecule is CCCc1c(Cc2ccc(-c3ccccc3)c(C3=NNC(=O)C3)c2)c(=O)n(C2CCC(OCC(O)C(F)(F)F)CC2)c2ncnn12. The average Bonchev–Trinajstić information content (AvgIpc) is 3.71. The van der Waals surface area contributed by atoms with E-state index in [1.165, 1.54) is 6.33 Å². The van der Waals surface area contributed by atoms with Crippen LogP contribution in [-0.2, 0) is 22.4 Å². The normalized spacial score (nSPS) is 19.3. The lowest BCUT2D eigenvalue weighted by atomic mass is 9.91. The van der Waals surface area contributed by atoms with Gasteiger partial charge in [-0.2, -0.15) is 28.4 Å². The van der Waals surface area contributed by atoms with Gasteiger partial charge in [0.25, 0.3) is 5.56 Å². The maximum absolute atomic E-state index is 14.4. The summed E-state index contributed by atoms with van der Waals surface area (Å²) in [5.74, 6) is 0.250. The van der Waals surface area contributed by atoms with E-state index in [0.29, 0.717) is 55.6 Å². The zero-order valence-electron chi connectivity index (χ0n) is 25.3. The van der Waals surface area contributed by atoms with Crippen molar-refractivity contribution in [3.8, 4) is 11.1 Å². The molecule has 0 saturated heterocycles. The van der Waals surface area contributed by atoms with Gasteiger partial charge in [-0.3, -0.25) is 14.2 Å². The molecule has 2 aromatic heterocycles. The zero-order chi connectivity index (χ0) is 32.4. The van der Waals surface area contributed by atoms with Crippen LogP contribution in [0.4, 0.5) is 13.2 Å². The van der Waals surface area contributed by atoms with E-state index in [0.717, 1.165) is 34.4 Å². The number of fused-ring (bicyclic) bond motifs is 1. The van der Waals surface area contributed by atoms with E-state index in [-0.39, 0.29) is 23.9 Å². The van der Waals surface area contributed by atoms with Crippen LogP contribution in [0.2, 0.25) is 0 Å². The van der Waals surface area contributed by atoms with Gasteiger partial charge in [0, 0.05) is 23.6 Å². The van der Waals surface area contributed by atoms with Gasteiger partial charge in [0.2, 0.25) is 11.7 Å². The second kappa shape index (κ2) is 13.2. The molecule has 3 heterocycles. The minimum absolute atomic E-state index is 0.156. The van der Waals surface area contributed by atoms with Gasteiger partial charge in [0.15, 0.2) is 6.10 Å². The third-order valence-corrected chi connectivity index (χ3v) is 8.69. The van der Waals surface area contributed by atoms with Crippen LogP contribution < -0.4 is 11.0 Å². The van der Waals surface area contributed by atoms with E-state index in [2.05, 4.69) is 20.6 Å². The molecule has 2 N–H and O–H groups in total. The molecule has 1 atom stereocenters. The first-order valence-corrected chi connectivity index (χ1v) is 15.5. The van der Waals surface area contributed by atoms with Crippen molar-refractivity contribution in [3.63, 3.8) is 0 Å². The van der Waals surface area contributed by atoms with E-state index in [1.54, 1.807) is 9.08 Å². The van der Waals surface area contributed by atoms with E-state index in [4.69, 9.17) is 4.74 Å². The Bertz CT molecular complexity index is 1810. The Morgan fingerprint density at radius 3 is 2.50 bits per heavy atom. The van der Waals surface area contributed by atoms with Gasteiger partial charge < -0.3 is 9.84 Å². The Morgan fingerprint density at radius 2 is 1.83 bits per heavy atom. The first kappa shape index (κ1) is 31.6. The number of carbonyl (C=O) groups excluding carboxylic acids is 1. The fourth-order valence-corrected chi connectivity index (χ4v) is 6.40. The number of ether oxygens (including phenoxy) is 1. The molecule has 6 rings (SSSR count). The molecule has 0 bridgehead atoms. The predicted molar refractivity (Wildman–Crippen MR) is 165 cm³/mol. The second-order valence-corrected chi connectivity index (χ2v) is 11.8. The maximum atomic E-state index is 14.4. The van der Waals surface area contributed by atoms with Crippen molar-refractivity contribution in [2.24, 2.45) is 5.10 Å². The van der Waals surface area contributed by atoms with Crippen molar-refractivity contribution in [2.45, 2.75) is 82.7 Å². The number of aliphatic hydroxyl groups is 1. The first-order valence-electron chi connectivity index (χ1n) is 15.5. The molecule has 2 aromatic carbocycles. The molecule has 1 saturated carbocycles. The van der Waals surface area contributed by atoms with E-state index < -0.39 is 25.0 Å². The van der Waals surface area contributed by atoms with Crippen LogP contribution in [0, 0.1) is 0 Å². The number of rotatable bonds is 10. The fourth-order valence-electron chi connectivity index (χ4n) is 6.40. The quantitative estimate of drug-likeness (QED) is 0.259. The summed E-state index contributed by atoms with van der Waals surface area (Å²) in [5, 5.41) is 18.1. The maximum Gasteiger partial charge on any atom is 0.416 e. The number of hydrazone groups is 1. The molecule has 242 valence electrons. The molecular formula is C33H35F3N6O4. The monoisotopic (exact) mass is 636 g/mol. The van der Waals surface area contributed by atoms with Gasteiger partial charge in [0.05, 0.1) is 30.5 Å². The minimum Gasteiger partial charge on any atom is -0.382 e. The molecule has 1 unspecified atom stereocenters. The van der Waals surface area contributed by atoms with Gasteiger partial charge in [0.1, 0.15) is 6.33 Å². The van der Waals surface area contributed by atoms with Gasteiger partial charge in [-0.1, -0.05) is 55.8 Å². The van der Waals surface area contributed by atoms with Crippen LogP contribution in [0.25, 0.3) is 16.9 Å². The Labute approximate surface area is 262 Å². The Balaban J connectivity index is 1.33. The van der Waals surface area contributed by atoms with Crippen LogP contribution in [0.1, 0.15) is 73.9 Å². The van der Waals surface area contributed by atoms with Gasteiger partial charge in [-0.15, -0.1) is 0 Å². The molecule has 1 fully saturated rings. The van der Waals surface area contributed by atoms with Crippen LogP contribution >= 0.6 is 0 Å². The number of benzene rings is 2. The summed E-state index contributed by atoms with van der Waals surface area (Å²) >= 11 is 0. The summed E-state index contributed by atoms with van der Waals surface area (Å²) in [6.45, 7) is 1.22. The highest BCUT2D eigenvalue weighted by atomic mass is 19.4.